The molecule has 0 saturated carbocycles. The summed E-state index contributed by atoms with van der Waals surface area (Å²) < 4.78 is 5.17. The molecule has 0 unspecified atom stereocenters. The predicted octanol–water partition coefficient (Wildman–Crippen LogP) is 9.41. The number of aromatic nitrogens is 2. The lowest BCUT2D eigenvalue weighted by atomic mass is 9.34. The highest BCUT2D eigenvalue weighted by atomic mass is 15.0. The summed E-state index contributed by atoms with van der Waals surface area (Å²) in [5.41, 5.74) is 16.0. The van der Waals surface area contributed by atoms with Gasteiger partial charge < -0.3 is 9.13 Å². The van der Waals surface area contributed by atoms with E-state index in [1.165, 1.54) is 120 Å². The Hall–Kier alpha value is -5.80. The molecule has 0 fully saturated rings. The third-order valence-corrected chi connectivity index (χ3v) is 11.6. The van der Waals surface area contributed by atoms with Crippen LogP contribution in [0.4, 0.5) is 0 Å². The number of nitrogens with zero attached hydrogens (tertiary/aromatic N) is 2. The average molecular weight is 609 g/mol. The highest BCUT2D eigenvalue weighted by Gasteiger charge is 2.41. The lowest BCUT2D eigenvalue weighted by Crippen LogP contribution is -2.59. The van der Waals surface area contributed by atoms with Crippen LogP contribution in [0, 0.1) is 20.8 Å². The minimum absolute atomic E-state index is 0.117. The maximum Gasteiger partial charge on any atom is 0.252 e. The molecule has 222 valence electrons. The van der Waals surface area contributed by atoms with Crippen LogP contribution in [0.1, 0.15) is 16.7 Å². The third-order valence-electron chi connectivity index (χ3n) is 11.6. The summed E-state index contributed by atoms with van der Waals surface area (Å²) in [5, 5.41) is 13.4. The van der Waals surface area contributed by atoms with Crippen LogP contribution in [0.5, 0.6) is 0 Å². The van der Waals surface area contributed by atoms with Gasteiger partial charge in [0.1, 0.15) is 0 Å². The van der Waals surface area contributed by atoms with E-state index in [1.54, 1.807) is 0 Å². The molecule has 2 nitrogen and oxygen atoms in total. The first-order valence-electron chi connectivity index (χ1n) is 17.1. The van der Waals surface area contributed by atoms with E-state index >= 15 is 0 Å². The molecule has 12 rings (SSSR count). The van der Waals surface area contributed by atoms with E-state index < -0.39 is 0 Å². The smallest absolute Gasteiger partial charge is 0.252 e. The lowest BCUT2D eigenvalue weighted by Gasteiger charge is -2.34. The summed E-state index contributed by atoms with van der Waals surface area (Å²) in [4.78, 5) is 0. The van der Waals surface area contributed by atoms with Crippen molar-refractivity contribution < 1.29 is 0 Å². The zero-order valence-corrected chi connectivity index (χ0v) is 27.0. The molecule has 0 aliphatic carbocycles. The van der Waals surface area contributed by atoms with Gasteiger partial charge in [-0.2, -0.15) is 0 Å². The van der Waals surface area contributed by atoms with Crippen molar-refractivity contribution in [1.82, 2.24) is 9.13 Å². The second-order valence-electron chi connectivity index (χ2n) is 14.3. The molecule has 8 aromatic carbocycles. The van der Waals surface area contributed by atoms with Crippen molar-refractivity contribution in [2.45, 2.75) is 20.8 Å². The van der Waals surface area contributed by atoms with E-state index in [0.717, 1.165) is 0 Å². The van der Waals surface area contributed by atoms with E-state index in [9.17, 15) is 0 Å². The van der Waals surface area contributed by atoms with Gasteiger partial charge in [0.25, 0.3) is 6.71 Å². The van der Waals surface area contributed by atoms with Crippen LogP contribution < -0.4 is 16.4 Å². The number of hydrogen-bond acceptors (Lipinski definition) is 0. The quantitative estimate of drug-likeness (QED) is 0.120. The van der Waals surface area contributed by atoms with Gasteiger partial charge in [0.15, 0.2) is 0 Å². The van der Waals surface area contributed by atoms with Crippen LogP contribution in [-0.2, 0) is 0 Å². The Kier molecular flexibility index (Phi) is 4.41. The summed E-state index contributed by atoms with van der Waals surface area (Å²) in [5.74, 6) is 0. The molecule has 0 bridgehead atoms. The second kappa shape index (κ2) is 8.37. The molecule has 0 saturated heterocycles. The van der Waals surface area contributed by atoms with Crippen molar-refractivity contribution >= 4 is 99.0 Å². The molecule has 48 heavy (non-hydrogen) atoms. The van der Waals surface area contributed by atoms with Crippen molar-refractivity contribution in [1.29, 1.82) is 0 Å². The van der Waals surface area contributed by atoms with Crippen molar-refractivity contribution in [3.05, 3.63) is 138 Å². The van der Waals surface area contributed by atoms with Crippen molar-refractivity contribution in [2.75, 3.05) is 0 Å². The van der Waals surface area contributed by atoms with Gasteiger partial charge in [0.05, 0.1) is 16.6 Å². The highest BCUT2D eigenvalue weighted by Crippen LogP contribution is 2.45. The summed E-state index contributed by atoms with van der Waals surface area (Å²) >= 11 is 0. The normalized spacial score (nSPS) is 13.3. The zero-order chi connectivity index (χ0) is 31.6. The Morgan fingerprint density at radius 1 is 0.396 bits per heavy atom. The number of aryl methyl sites for hydroxylation is 3. The fourth-order valence-corrected chi connectivity index (χ4v) is 9.83. The molecule has 0 atom stereocenters. The molecule has 10 aromatic rings. The fraction of sp³-hybridized carbons (Fsp3) is 0.0667. The molecule has 0 amide bonds. The van der Waals surface area contributed by atoms with Crippen LogP contribution in [0.3, 0.4) is 0 Å². The van der Waals surface area contributed by atoms with E-state index in [0.29, 0.717) is 0 Å². The van der Waals surface area contributed by atoms with Gasteiger partial charge in [-0.3, -0.25) is 0 Å². The fourth-order valence-electron chi connectivity index (χ4n) is 9.83. The minimum atomic E-state index is 0.117. The maximum absolute atomic E-state index is 2.60. The molecule has 4 heterocycles. The largest absolute Gasteiger partial charge is 0.310 e. The van der Waals surface area contributed by atoms with Gasteiger partial charge in [0, 0.05) is 43.8 Å². The van der Waals surface area contributed by atoms with Gasteiger partial charge in [0.2, 0.25) is 0 Å². The van der Waals surface area contributed by atoms with Crippen LogP contribution in [0.15, 0.2) is 121 Å². The third kappa shape index (κ3) is 2.81. The monoisotopic (exact) mass is 608 g/mol. The Balaban J connectivity index is 1.39. The lowest BCUT2D eigenvalue weighted by molar-refractivity contribution is 1.14. The van der Waals surface area contributed by atoms with Crippen LogP contribution >= 0.6 is 0 Å². The van der Waals surface area contributed by atoms with Crippen LogP contribution in [-0.4, -0.2) is 15.8 Å². The van der Waals surface area contributed by atoms with Crippen LogP contribution in [0.2, 0.25) is 0 Å². The highest BCUT2D eigenvalue weighted by molar-refractivity contribution is 7.00. The number of rotatable bonds is 0. The molecule has 2 aliphatic rings. The van der Waals surface area contributed by atoms with Gasteiger partial charge >= 0.3 is 0 Å². The molecule has 0 spiro atoms. The number of fused-ring (bicyclic) bond motifs is 17. The first-order chi connectivity index (χ1) is 23.6. The van der Waals surface area contributed by atoms with E-state index in [4.69, 9.17) is 0 Å². The van der Waals surface area contributed by atoms with Gasteiger partial charge in [-0.1, -0.05) is 95.6 Å². The first-order valence-corrected chi connectivity index (χ1v) is 17.1. The second-order valence-corrected chi connectivity index (χ2v) is 14.3. The summed E-state index contributed by atoms with van der Waals surface area (Å²) in [6.07, 6.45) is 0. The van der Waals surface area contributed by atoms with Gasteiger partial charge in [-0.15, -0.1) is 0 Å². The molecular formula is C45H29BN2. The number of benzene rings is 8. The van der Waals surface area contributed by atoms with E-state index in [-0.39, 0.29) is 6.71 Å². The maximum atomic E-state index is 2.60. The first kappa shape index (κ1) is 25.3. The molecule has 2 aliphatic heterocycles. The average Bonchev–Trinajstić information content (AvgIpc) is 3.61. The van der Waals surface area contributed by atoms with Crippen LogP contribution in [0.25, 0.3) is 87.3 Å². The standard InChI is InChI=1S/C45H29BN2/c1-24-15-17-37-31(19-24)33-21-26(3)22-35-44(33)47(37)39-13-8-14-40-43(39)46(35)36-23-32-29-11-5-4-9-27(29)28-10-6-7-12-30(28)41(32)42-34-20-25(2)16-18-38(34)48(40)45(36)42/h4-23H,1-3H3. The molecule has 0 radical (unpaired) electrons. The topological polar surface area (TPSA) is 9.86 Å². The Morgan fingerprint density at radius 3 is 1.69 bits per heavy atom. The Bertz CT molecular complexity index is 3150. The Labute approximate surface area is 277 Å². The Morgan fingerprint density at radius 2 is 0.958 bits per heavy atom. The van der Waals surface area contributed by atoms with E-state index in [2.05, 4.69) is 151 Å². The molecular weight excluding hydrogens is 579 g/mol. The van der Waals surface area contributed by atoms with Crippen molar-refractivity contribution in [3.8, 4) is 11.4 Å². The summed E-state index contributed by atoms with van der Waals surface area (Å²) in [6.45, 7) is 6.83. The molecule has 3 heteroatoms. The SMILES string of the molecule is Cc1ccc2c(c1)c1cc(C)cc3c1n2-c1cccc2c1B3c1cc3c4ccccc4c4ccccc4c3c3c4cc(C)ccc4n-2c13. The minimum Gasteiger partial charge on any atom is -0.310 e. The predicted molar refractivity (Wildman–Crippen MR) is 207 cm³/mol. The van der Waals surface area contributed by atoms with Gasteiger partial charge in [-0.05, 0) is 107 Å². The van der Waals surface area contributed by atoms with Crippen molar-refractivity contribution in [3.63, 3.8) is 0 Å². The summed E-state index contributed by atoms with van der Waals surface area (Å²) in [6, 6.07) is 46.6. The molecule has 0 N–H and O–H groups in total. The zero-order valence-electron chi connectivity index (χ0n) is 27.0. The molecule has 2 aromatic heterocycles. The van der Waals surface area contributed by atoms with Gasteiger partial charge in [-0.25, -0.2) is 0 Å². The van der Waals surface area contributed by atoms with Crippen molar-refractivity contribution in [2.24, 2.45) is 0 Å². The number of hydrogen-bond donors (Lipinski definition) is 0. The summed E-state index contributed by atoms with van der Waals surface area (Å²) in [7, 11) is 0. The van der Waals surface area contributed by atoms with E-state index in [1.807, 2.05) is 0 Å².